The minimum absolute atomic E-state index is 0.297. The molecule has 0 unspecified atom stereocenters. The largest absolute Gasteiger partial charge is 0.573 e. The van der Waals surface area contributed by atoms with Gasteiger partial charge in [0.1, 0.15) is 12.1 Å². The third-order valence-corrected chi connectivity index (χ3v) is 8.03. The monoisotopic (exact) mass is 636 g/mol. The van der Waals surface area contributed by atoms with E-state index in [0.717, 1.165) is 33.7 Å². The first kappa shape index (κ1) is 31.1. The molecule has 0 spiro atoms. The normalized spacial score (nSPS) is 12.1. The minimum Gasteiger partial charge on any atom is -0.406 e. The number of aryl methyl sites for hydroxylation is 2. The van der Waals surface area contributed by atoms with Crippen LogP contribution in [0.15, 0.2) is 83.4 Å². The molecule has 228 valence electrons. The number of halogens is 3. The van der Waals surface area contributed by atoms with Crippen molar-refractivity contribution in [3.63, 3.8) is 0 Å². The number of thiocarbonyl (C=S) groups is 1. The molecule has 2 heterocycles. The molecule has 0 atom stereocenters. The molecular weight excluding hydrogens is 606 g/mol. The van der Waals surface area contributed by atoms with Crippen LogP contribution < -0.4 is 14.9 Å². The van der Waals surface area contributed by atoms with Crippen LogP contribution in [0.25, 0.3) is 22.8 Å². The molecule has 5 rings (SSSR count). The number of ether oxygens (including phenoxy) is 1. The number of thiazole rings is 1. The molecule has 12 heteroatoms. The molecule has 2 aromatic heterocycles. The second kappa shape index (κ2) is 13.1. The summed E-state index contributed by atoms with van der Waals surface area (Å²) in [6.45, 7) is 9.18. The highest BCUT2D eigenvalue weighted by molar-refractivity contribution is 7.80. The standard InChI is InChI=1S/C32H31F3N6OS2/c1-20(2)27-14-5-21(3)17-28(27)41-22(4)18-44-31(41)38-30(43)36-16-15-23-6-8-24(9-7-23)29-37-19-40(39-29)25-10-12-26(13-11-25)42-32(33,34)35/h5-14,17-20H,15-16H2,1-4H3,(H,36,43)/b38-31-. The van der Waals surface area contributed by atoms with Gasteiger partial charge in [-0.3, -0.25) is 4.57 Å². The van der Waals surface area contributed by atoms with Gasteiger partial charge in [-0.25, -0.2) is 9.67 Å². The van der Waals surface area contributed by atoms with Crippen LogP contribution in [0.5, 0.6) is 5.75 Å². The van der Waals surface area contributed by atoms with Crippen LogP contribution >= 0.6 is 23.6 Å². The molecular formula is C32H31F3N6OS2. The van der Waals surface area contributed by atoms with Gasteiger partial charge in [0.2, 0.25) is 0 Å². The zero-order chi connectivity index (χ0) is 31.4. The summed E-state index contributed by atoms with van der Waals surface area (Å²) >= 11 is 7.14. The van der Waals surface area contributed by atoms with E-state index in [-0.39, 0.29) is 5.75 Å². The van der Waals surface area contributed by atoms with E-state index in [2.05, 4.69) is 76.0 Å². The van der Waals surface area contributed by atoms with E-state index in [1.165, 1.54) is 46.4 Å². The van der Waals surface area contributed by atoms with Crippen molar-refractivity contribution in [3.05, 3.63) is 106 Å². The lowest BCUT2D eigenvalue weighted by Crippen LogP contribution is -2.26. The highest BCUT2D eigenvalue weighted by atomic mass is 32.1. The van der Waals surface area contributed by atoms with Crippen molar-refractivity contribution in [2.45, 2.75) is 46.4 Å². The molecule has 0 amide bonds. The van der Waals surface area contributed by atoms with Gasteiger partial charge >= 0.3 is 6.36 Å². The third kappa shape index (κ3) is 7.61. The molecule has 0 radical (unpaired) electrons. The van der Waals surface area contributed by atoms with Crippen molar-refractivity contribution in [1.82, 2.24) is 24.6 Å². The summed E-state index contributed by atoms with van der Waals surface area (Å²) < 4.78 is 44.8. The van der Waals surface area contributed by atoms with Crippen LogP contribution in [0.2, 0.25) is 0 Å². The van der Waals surface area contributed by atoms with E-state index in [0.29, 0.717) is 29.1 Å². The molecule has 44 heavy (non-hydrogen) atoms. The summed E-state index contributed by atoms with van der Waals surface area (Å²) in [5, 5.41) is 10.2. The number of benzene rings is 3. The third-order valence-electron chi connectivity index (χ3n) is 6.85. The molecule has 0 saturated carbocycles. The van der Waals surface area contributed by atoms with Gasteiger partial charge in [0.25, 0.3) is 0 Å². The molecule has 0 bridgehead atoms. The van der Waals surface area contributed by atoms with Gasteiger partial charge in [0, 0.05) is 23.2 Å². The van der Waals surface area contributed by atoms with Crippen molar-refractivity contribution >= 4 is 28.7 Å². The van der Waals surface area contributed by atoms with E-state index in [9.17, 15) is 13.2 Å². The molecule has 0 saturated heterocycles. The van der Waals surface area contributed by atoms with Crippen LogP contribution in [-0.2, 0) is 6.42 Å². The molecule has 0 aliphatic rings. The Hall–Kier alpha value is -4.29. The van der Waals surface area contributed by atoms with E-state index < -0.39 is 6.36 Å². The quantitative estimate of drug-likeness (QED) is 0.179. The van der Waals surface area contributed by atoms with Crippen molar-refractivity contribution in [1.29, 1.82) is 0 Å². The SMILES string of the molecule is Cc1ccc(C(C)C)c(-n2c(C)cs/c2=N\C(=S)NCCc2ccc(-c3ncn(-c4ccc(OC(F)(F)F)cc4)n3)cc2)c1. The van der Waals surface area contributed by atoms with Gasteiger partial charge < -0.3 is 10.1 Å². The molecule has 1 N–H and O–H groups in total. The molecule has 7 nitrogen and oxygen atoms in total. The van der Waals surface area contributed by atoms with Crippen LogP contribution in [0.4, 0.5) is 13.2 Å². The number of rotatable bonds is 8. The maximum atomic E-state index is 12.4. The fraction of sp³-hybridized carbons (Fsp3) is 0.250. The van der Waals surface area contributed by atoms with Crippen LogP contribution in [0.1, 0.15) is 42.1 Å². The zero-order valence-corrected chi connectivity index (χ0v) is 26.2. The van der Waals surface area contributed by atoms with Gasteiger partial charge in [0.15, 0.2) is 15.7 Å². The lowest BCUT2D eigenvalue weighted by atomic mass is 9.99. The Bertz CT molecular complexity index is 1820. The summed E-state index contributed by atoms with van der Waals surface area (Å²) in [5.41, 5.74) is 7.17. The predicted molar refractivity (Wildman–Crippen MR) is 171 cm³/mol. The molecule has 5 aromatic rings. The van der Waals surface area contributed by atoms with E-state index in [4.69, 9.17) is 17.2 Å². The summed E-state index contributed by atoms with van der Waals surface area (Å²) in [6, 6.07) is 19.8. The smallest absolute Gasteiger partial charge is 0.406 e. The number of hydrogen-bond acceptors (Lipinski definition) is 5. The highest BCUT2D eigenvalue weighted by Crippen LogP contribution is 2.26. The Labute approximate surface area is 262 Å². The fourth-order valence-electron chi connectivity index (χ4n) is 4.68. The van der Waals surface area contributed by atoms with Crippen molar-refractivity contribution < 1.29 is 17.9 Å². The maximum Gasteiger partial charge on any atom is 0.573 e. The van der Waals surface area contributed by atoms with Gasteiger partial charge in [-0.15, -0.1) is 29.6 Å². The molecule has 3 aromatic carbocycles. The van der Waals surface area contributed by atoms with Crippen LogP contribution in [-0.4, -0.2) is 37.4 Å². The average Bonchev–Trinajstić information content (AvgIpc) is 3.60. The second-order valence-electron chi connectivity index (χ2n) is 10.6. The Morgan fingerprint density at radius 3 is 2.45 bits per heavy atom. The average molecular weight is 637 g/mol. The summed E-state index contributed by atoms with van der Waals surface area (Å²) in [7, 11) is 0. The first-order valence-electron chi connectivity index (χ1n) is 13.9. The highest BCUT2D eigenvalue weighted by Gasteiger charge is 2.31. The summed E-state index contributed by atoms with van der Waals surface area (Å²) in [4.78, 5) is 9.92. The van der Waals surface area contributed by atoms with Crippen LogP contribution in [0, 0.1) is 13.8 Å². The number of aromatic nitrogens is 4. The van der Waals surface area contributed by atoms with Crippen LogP contribution in [0.3, 0.4) is 0 Å². The molecule has 0 aliphatic carbocycles. The predicted octanol–water partition coefficient (Wildman–Crippen LogP) is 7.44. The van der Waals surface area contributed by atoms with Crippen molar-refractivity contribution in [2.24, 2.45) is 4.99 Å². The first-order valence-corrected chi connectivity index (χ1v) is 15.2. The number of alkyl halides is 3. The lowest BCUT2D eigenvalue weighted by Gasteiger charge is -2.16. The lowest BCUT2D eigenvalue weighted by molar-refractivity contribution is -0.274. The summed E-state index contributed by atoms with van der Waals surface area (Å²) in [6.07, 6.45) is -2.49. The number of hydrogen-bond donors (Lipinski definition) is 1. The fourth-order valence-corrected chi connectivity index (χ4v) is 5.80. The minimum atomic E-state index is -4.74. The van der Waals surface area contributed by atoms with Gasteiger partial charge in [-0.2, -0.15) is 4.99 Å². The Balaban J connectivity index is 1.20. The van der Waals surface area contributed by atoms with Crippen molar-refractivity contribution in [3.8, 4) is 28.5 Å². The maximum absolute atomic E-state index is 12.4. The Morgan fingerprint density at radius 1 is 1.05 bits per heavy atom. The Morgan fingerprint density at radius 2 is 1.77 bits per heavy atom. The molecule has 0 aliphatic heterocycles. The van der Waals surface area contributed by atoms with Gasteiger partial charge in [-0.1, -0.05) is 50.2 Å². The van der Waals surface area contributed by atoms with Crippen molar-refractivity contribution in [2.75, 3.05) is 6.54 Å². The van der Waals surface area contributed by atoms with E-state index in [1.54, 1.807) is 11.3 Å². The number of nitrogens with zero attached hydrogens (tertiary/aromatic N) is 5. The zero-order valence-electron chi connectivity index (χ0n) is 24.6. The molecule has 0 fully saturated rings. The van der Waals surface area contributed by atoms with E-state index in [1.807, 2.05) is 24.3 Å². The Kier molecular flexibility index (Phi) is 9.31. The first-order chi connectivity index (χ1) is 21.0. The summed E-state index contributed by atoms with van der Waals surface area (Å²) in [5.74, 6) is 0.573. The van der Waals surface area contributed by atoms with Gasteiger partial charge in [0.05, 0.1) is 11.4 Å². The van der Waals surface area contributed by atoms with Gasteiger partial charge in [-0.05, 0) is 85.4 Å². The second-order valence-corrected chi connectivity index (χ2v) is 11.8. The number of nitrogens with one attached hydrogen (secondary N) is 1. The topological polar surface area (TPSA) is 69.3 Å². The van der Waals surface area contributed by atoms with E-state index >= 15 is 0 Å².